The second-order valence-corrected chi connectivity index (χ2v) is 2.14. The van der Waals surface area contributed by atoms with Gasteiger partial charge in [0.15, 0.2) is 0 Å². The minimum Gasteiger partial charge on any atom is -0.120 e. The molecule has 0 N–H and O–H groups in total. The maximum atomic E-state index is 5.26. The molecular formula is C12H10. The van der Waals surface area contributed by atoms with Crippen LogP contribution in [0.15, 0.2) is 0 Å². The molecule has 0 aromatic rings. The smallest absolute Gasteiger partial charge is 0.0419 e. The fraction of sp³-hybridized carbons (Fsp3) is 0.333. The molecule has 0 spiro atoms. The van der Waals surface area contributed by atoms with Crippen LogP contribution in [0.1, 0.15) is 19.8 Å². The summed E-state index contributed by atoms with van der Waals surface area (Å²) in [4.78, 5) is 0. The predicted octanol–water partition coefficient (Wildman–Crippen LogP) is 1.68. The largest absolute Gasteiger partial charge is 0.120 e. The standard InChI is InChI=1S/C12H10/c1-4-7-9-11-12(6-3)10-8-5-2/h1,3,12H,10-11H2,2H3. The third-order valence-electron chi connectivity index (χ3n) is 1.27. The molecule has 1 atom stereocenters. The van der Waals surface area contributed by atoms with Gasteiger partial charge in [-0.05, 0) is 18.8 Å². The molecule has 0 rings (SSSR count). The van der Waals surface area contributed by atoms with Crippen LogP contribution < -0.4 is 0 Å². The zero-order chi connectivity index (χ0) is 9.23. The molecule has 0 amide bonds. The Morgan fingerprint density at radius 2 is 1.83 bits per heavy atom. The van der Waals surface area contributed by atoms with Crippen molar-refractivity contribution >= 4 is 0 Å². The third-order valence-corrected chi connectivity index (χ3v) is 1.27. The average Bonchev–Trinajstić information content (AvgIpc) is 2.11. The molecule has 0 aliphatic carbocycles. The van der Waals surface area contributed by atoms with E-state index < -0.39 is 0 Å². The SMILES string of the molecule is C#CC#CCC(C#C)CC#CC. The van der Waals surface area contributed by atoms with E-state index in [9.17, 15) is 0 Å². The molecule has 1 unspecified atom stereocenters. The topological polar surface area (TPSA) is 0 Å². The lowest BCUT2D eigenvalue weighted by Crippen LogP contribution is -1.92. The maximum Gasteiger partial charge on any atom is 0.0419 e. The van der Waals surface area contributed by atoms with Crippen molar-refractivity contribution in [2.75, 3.05) is 0 Å². The van der Waals surface area contributed by atoms with Crippen molar-refractivity contribution in [3.05, 3.63) is 0 Å². The van der Waals surface area contributed by atoms with Crippen LogP contribution in [0.2, 0.25) is 0 Å². The molecule has 0 aromatic carbocycles. The van der Waals surface area contributed by atoms with E-state index in [0.29, 0.717) is 12.8 Å². The second kappa shape index (κ2) is 7.35. The Bertz CT molecular complexity index is 312. The fourth-order valence-electron chi connectivity index (χ4n) is 0.641. The highest BCUT2D eigenvalue weighted by molar-refractivity contribution is 5.23. The van der Waals surface area contributed by atoms with Gasteiger partial charge in [-0.3, -0.25) is 0 Å². The number of hydrogen-bond donors (Lipinski definition) is 0. The molecule has 12 heavy (non-hydrogen) atoms. The monoisotopic (exact) mass is 154 g/mol. The molecule has 0 radical (unpaired) electrons. The summed E-state index contributed by atoms with van der Waals surface area (Å²) in [5.74, 6) is 16.0. The van der Waals surface area contributed by atoms with E-state index in [1.807, 2.05) is 0 Å². The Labute approximate surface area is 74.8 Å². The number of terminal acetylenes is 2. The highest BCUT2D eigenvalue weighted by Gasteiger charge is 1.98. The lowest BCUT2D eigenvalue weighted by atomic mass is 10.0. The van der Waals surface area contributed by atoms with Crippen molar-refractivity contribution in [3.8, 4) is 48.4 Å². The normalized spacial score (nSPS) is 8.92. The summed E-state index contributed by atoms with van der Waals surface area (Å²) in [5.41, 5.74) is 0. The molecular weight excluding hydrogens is 144 g/mol. The third kappa shape index (κ3) is 5.06. The molecule has 0 aliphatic heterocycles. The van der Waals surface area contributed by atoms with Gasteiger partial charge in [0.1, 0.15) is 0 Å². The maximum absolute atomic E-state index is 5.26. The summed E-state index contributed by atoms with van der Waals surface area (Å²) in [6, 6.07) is 0. The van der Waals surface area contributed by atoms with Gasteiger partial charge < -0.3 is 0 Å². The average molecular weight is 154 g/mol. The summed E-state index contributed by atoms with van der Waals surface area (Å²) < 4.78 is 0. The minimum atomic E-state index is 0.110. The first-order valence-electron chi connectivity index (χ1n) is 3.64. The number of hydrogen-bond acceptors (Lipinski definition) is 0. The molecule has 0 aliphatic rings. The molecule has 0 aromatic heterocycles. The van der Waals surface area contributed by atoms with Crippen LogP contribution >= 0.6 is 0 Å². The van der Waals surface area contributed by atoms with Gasteiger partial charge in [-0.25, -0.2) is 0 Å². The zero-order valence-electron chi connectivity index (χ0n) is 7.15. The Balaban J connectivity index is 3.93. The van der Waals surface area contributed by atoms with E-state index in [0.717, 1.165) is 0 Å². The van der Waals surface area contributed by atoms with Crippen molar-refractivity contribution in [3.63, 3.8) is 0 Å². The van der Waals surface area contributed by atoms with Crippen LogP contribution in [0, 0.1) is 54.3 Å². The van der Waals surface area contributed by atoms with E-state index in [1.165, 1.54) is 0 Å². The van der Waals surface area contributed by atoms with Gasteiger partial charge in [-0.2, -0.15) is 0 Å². The van der Waals surface area contributed by atoms with Gasteiger partial charge in [-0.1, -0.05) is 5.92 Å². The van der Waals surface area contributed by atoms with Crippen molar-refractivity contribution < 1.29 is 0 Å². The summed E-state index contributed by atoms with van der Waals surface area (Å²) in [6.07, 6.45) is 11.5. The van der Waals surface area contributed by atoms with Crippen LogP contribution in [-0.4, -0.2) is 0 Å². The molecule has 0 saturated heterocycles. The van der Waals surface area contributed by atoms with E-state index >= 15 is 0 Å². The van der Waals surface area contributed by atoms with Gasteiger partial charge in [0.2, 0.25) is 0 Å². The molecule has 0 bridgehead atoms. The quantitative estimate of drug-likeness (QED) is 0.531. The van der Waals surface area contributed by atoms with E-state index in [1.54, 1.807) is 6.92 Å². The van der Waals surface area contributed by atoms with Crippen LogP contribution in [-0.2, 0) is 0 Å². The Kier molecular flexibility index (Phi) is 6.27. The van der Waals surface area contributed by atoms with Crippen molar-refractivity contribution in [2.24, 2.45) is 5.92 Å². The minimum absolute atomic E-state index is 0.110. The molecule has 0 saturated carbocycles. The Hall–Kier alpha value is -1.76. The van der Waals surface area contributed by atoms with Gasteiger partial charge >= 0.3 is 0 Å². The van der Waals surface area contributed by atoms with Gasteiger partial charge in [0.25, 0.3) is 0 Å². The molecule has 0 heterocycles. The van der Waals surface area contributed by atoms with Crippen molar-refractivity contribution in [1.29, 1.82) is 0 Å². The van der Waals surface area contributed by atoms with Gasteiger partial charge in [0.05, 0.1) is 0 Å². The molecule has 0 fully saturated rings. The number of rotatable bonds is 2. The van der Waals surface area contributed by atoms with E-state index in [2.05, 4.69) is 35.5 Å². The molecule has 0 heteroatoms. The van der Waals surface area contributed by atoms with Gasteiger partial charge in [-0.15, -0.1) is 30.6 Å². The molecule has 58 valence electrons. The predicted molar refractivity (Wildman–Crippen MR) is 51.6 cm³/mol. The van der Waals surface area contributed by atoms with Crippen LogP contribution in [0.3, 0.4) is 0 Å². The summed E-state index contributed by atoms with van der Waals surface area (Å²) >= 11 is 0. The molecule has 0 nitrogen and oxygen atoms in total. The first-order valence-corrected chi connectivity index (χ1v) is 3.64. The van der Waals surface area contributed by atoms with Crippen molar-refractivity contribution in [1.82, 2.24) is 0 Å². The highest BCUT2D eigenvalue weighted by atomic mass is 14.0. The summed E-state index contributed by atoms with van der Waals surface area (Å²) in [5, 5.41) is 0. The zero-order valence-corrected chi connectivity index (χ0v) is 7.15. The van der Waals surface area contributed by atoms with E-state index in [4.69, 9.17) is 12.8 Å². The Morgan fingerprint density at radius 3 is 2.33 bits per heavy atom. The highest BCUT2D eigenvalue weighted by Crippen LogP contribution is 2.04. The van der Waals surface area contributed by atoms with Crippen molar-refractivity contribution in [2.45, 2.75) is 19.8 Å². The van der Waals surface area contributed by atoms with Crippen LogP contribution in [0.25, 0.3) is 0 Å². The first kappa shape index (κ1) is 10.2. The van der Waals surface area contributed by atoms with Crippen LogP contribution in [0.5, 0.6) is 0 Å². The first-order chi connectivity index (χ1) is 5.85. The fourth-order valence-corrected chi connectivity index (χ4v) is 0.641. The summed E-state index contributed by atoms with van der Waals surface area (Å²) in [7, 11) is 0. The lowest BCUT2D eigenvalue weighted by molar-refractivity contribution is 0.726. The van der Waals surface area contributed by atoms with E-state index in [-0.39, 0.29) is 5.92 Å². The summed E-state index contributed by atoms with van der Waals surface area (Å²) in [6.45, 7) is 1.79. The van der Waals surface area contributed by atoms with Crippen LogP contribution in [0.4, 0.5) is 0 Å². The Morgan fingerprint density at radius 1 is 1.17 bits per heavy atom. The second-order valence-electron chi connectivity index (χ2n) is 2.14. The van der Waals surface area contributed by atoms with Gasteiger partial charge in [0, 0.05) is 18.8 Å². The lowest BCUT2D eigenvalue weighted by Gasteiger charge is -1.98.